The highest BCUT2D eigenvalue weighted by Gasteiger charge is 2.20. The van der Waals surface area contributed by atoms with Crippen molar-refractivity contribution >= 4 is 27.5 Å². The van der Waals surface area contributed by atoms with Gasteiger partial charge in [0.05, 0.1) is 5.39 Å². The van der Waals surface area contributed by atoms with Crippen LogP contribution in [0.4, 0.5) is 0 Å². The summed E-state index contributed by atoms with van der Waals surface area (Å²) in [5, 5.41) is 0.436. The zero-order valence-electron chi connectivity index (χ0n) is 11.7. The summed E-state index contributed by atoms with van der Waals surface area (Å²) in [4.78, 5) is 40.2. The van der Waals surface area contributed by atoms with Crippen molar-refractivity contribution in [2.75, 3.05) is 0 Å². The zero-order chi connectivity index (χ0) is 15.0. The van der Waals surface area contributed by atoms with Crippen molar-refractivity contribution in [1.82, 2.24) is 9.55 Å². The van der Waals surface area contributed by atoms with Crippen molar-refractivity contribution in [3.63, 3.8) is 0 Å². The van der Waals surface area contributed by atoms with Gasteiger partial charge in [-0.1, -0.05) is 0 Å². The van der Waals surface area contributed by atoms with Gasteiger partial charge in [-0.25, -0.2) is 9.36 Å². The number of aryl methyl sites for hydroxylation is 1. The second kappa shape index (κ2) is 5.48. The highest BCUT2D eigenvalue weighted by atomic mass is 32.1. The second-order valence-electron chi connectivity index (χ2n) is 5.32. The van der Waals surface area contributed by atoms with Crippen LogP contribution in [0.5, 0.6) is 0 Å². The van der Waals surface area contributed by atoms with Crippen LogP contribution in [0.3, 0.4) is 0 Å². The Morgan fingerprint density at radius 1 is 1.43 bits per heavy atom. The van der Waals surface area contributed by atoms with Crippen LogP contribution in [0.2, 0.25) is 0 Å². The minimum atomic E-state index is -0.572. The van der Waals surface area contributed by atoms with Gasteiger partial charge in [-0.05, 0) is 38.7 Å². The second-order valence-corrected chi connectivity index (χ2v) is 6.57. The quantitative estimate of drug-likeness (QED) is 0.872. The van der Waals surface area contributed by atoms with E-state index in [0.717, 1.165) is 35.1 Å². The molecule has 1 aliphatic rings. The highest BCUT2D eigenvalue weighted by Crippen LogP contribution is 2.21. The van der Waals surface area contributed by atoms with E-state index in [1.807, 2.05) is 6.92 Å². The Kier molecular flexibility index (Phi) is 3.67. The molecule has 1 aliphatic carbocycles. The summed E-state index contributed by atoms with van der Waals surface area (Å²) in [5.41, 5.74) is -1.01. The minimum absolute atomic E-state index is 0.0700. The third kappa shape index (κ3) is 2.78. The molecule has 3 rings (SSSR count). The van der Waals surface area contributed by atoms with Crippen LogP contribution >= 0.6 is 11.3 Å². The van der Waals surface area contributed by atoms with E-state index in [4.69, 9.17) is 4.74 Å². The lowest BCUT2D eigenvalue weighted by molar-refractivity contribution is -0.149. The number of rotatable bonds is 3. The SMILES string of the molecule is Cc1cc2c(=O)n(CC(=O)OC3CCCC3)c(=O)[nH]c2s1. The first-order chi connectivity index (χ1) is 10.0. The van der Waals surface area contributed by atoms with Gasteiger partial charge in [-0.3, -0.25) is 14.6 Å². The molecular formula is C14H16N2O4S. The molecular weight excluding hydrogens is 292 g/mol. The Hall–Kier alpha value is -1.89. The van der Waals surface area contributed by atoms with E-state index in [9.17, 15) is 14.4 Å². The van der Waals surface area contributed by atoms with Crippen LogP contribution in [0.25, 0.3) is 10.2 Å². The van der Waals surface area contributed by atoms with E-state index < -0.39 is 17.2 Å². The zero-order valence-corrected chi connectivity index (χ0v) is 12.5. The fraction of sp³-hybridized carbons (Fsp3) is 0.500. The fourth-order valence-corrected chi connectivity index (χ4v) is 3.56. The smallest absolute Gasteiger partial charge is 0.329 e. The summed E-state index contributed by atoms with van der Waals surface area (Å²) in [7, 11) is 0. The van der Waals surface area contributed by atoms with E-state index >= 15 is 0 Å². The van der Waals surface area contributed by atoms with Gasteiger partial charge in [0.2, 0.25) is 0 Å². The van der Waals surface area contributed by atoms with Crippen LogP contribution in [0.15, 0.2) is 15.7 Å². The number of nitrogens with one attached hydrogen (secondary N) is 1. The molecule has 2 aromatic rings. The summed E-state index contributed by atoms with van der Waals surface area (Å²) in [6, 6.07) is 1.72. The molecule has 0 aromatic carbocycles. The number of ether oxygens (including phenoxy) is 1. The molecule has 21 heavy (non-hydrogen) atoms. The van der Waals surface area contributed by atoms with Gasteiger partial charge >= 0.3 is 11.7 Å². The van der Waals surface area contributed by atoms with Crippen LogP contribution in [0.1, 0.15) is 30.6 Å². The number of hydrogen-bond donors (Lipinski definition) is 1. The molecule has 0 bridgehead atoms. The van der Waals surface area contributed by atoms with Crippen molar-refractivity contribution in [3.8, 4) is 0 Å². The van der Waals surface area contributed by atoms with Crippen molar-refractivity contribution in [2.45, 2.75) is 45.3 Å². The molecule has 0 aliphatic heterocycles. The summed E-state index contributed by atoms with van der Waals surface area (Å²) < 4.78 is 6.20. The lowest BCUT2D eigenvalue weighted by Crippen LogP contribution is -2.37. The maximum absolute atomic E-state index is 12.3. The largest absolute Gasteiger partial charge is 0.461 e. The van der Waals surface area contributed by atoms with Crippen LogP contribution in [-0.2, 0) is 16.1 Å². The monoisotopic (exact) mass is 308 g/mol. The third-order valence-corrected chi connectivity index (χ3v) is 4.65. The molecule has 0 saturated heterocycles. The minimum Gasteiger partial charge on any atom is -0.461 e. The number of esters is 1. The fourth-order valence-electron chi connectivity index (χ4n) is 2.67. The molecule has 0 spiro atoms. The Balaban J connectivity index is 1.87. The molecule has 2 heterocycles. The first kappa shape index (κ1) is 14.1. The number of aromatic amines is 1. The normalized spacial score (nSPS) is 15.7. The number of nitrogens with zero attached hydrogens (tertiary/aromatic N) is 1. The van der Waals surface area contributed by atoms with E-state index in [1.165, 1.54) is 11.3 Å². The third-order valence-electron chi connectivity index (χ3n) is 3.68. The number of carbonyl (C=O) groups excluding carboxylic acids is 1. The maximum Gasteiger partial charge on any atom is 0.329 e. The number of H-pyrrole nitrogens is 1. The van der Waals surface area contributed by atoms with Crippen LogP contribution in [-0.4, -0.2) is 21.6 Å². The molecule has 2 aromatic heterocycles. The number of aromatic nitrogens is 2. The van der Waals surface area contributed by atoms with Gasteiger partial charge in [0.1, 0.15) is 17.5 Å². The average molecular weight is 308 g/mol. The van der Waals surface area contributed by atoms with E-state index in [0.29, 0.717) is 10.2 Å². The van der Waals surface area contributed by atoms with Gasteiger partial charge < -0.3 is 4.74 Å². The summed E-state index contributed by atoms with van der Waals surface area (Å²) in [5.74, 6) is -0.527. The van der Waals surface area contributed by atoms with Crippen LogP contribution in [0, 0.1) is 6.92 Å². The number of carbonyl (C=O) groups is 1. The summed E-state index contributed by atoms with van der Waals surface area (Å²) in [6.45, 7) is 1.52. The molecule has 1 fully saturated rings. The topological polar surface area (TPSA) is 81.2 Å². The maximum atomic E-state index is 12.3. The molecule has 0 atom stereocenters. The molecule has 1 saturated carbocycles. The molecule has 112 valence electrons. The van der Waals surface area contributed by atoms with Crippen molar-refractivity contribution in [1.29, 1.82) is 0 Å². The molecule has 0 radical (unpaired) electrons. The molecule has 1 N–H and O–H groups in total. The average Bonchev–Trinajstić information content (AvgIpc) is 3.04. The number of hydrogen-bond acceptors (Lipinski definition) is 5. The molecule has 7 heteroatoms. The summed E-state index contributed by atoms with van der Waals surface area (Å²) in [6.07, 6.45) is 3.76. The Bertz CT molecular complexity index is 795. The van der Waals surface area contributed by atoms with Gasteiger partial charge in [-0.2, -0.15) is 0 Å². The standard InChI is InChI=1S/C14H16N2O4S/c1-8-6-10-12(21-8)15-14(19)16(13(10)18)7-11(17)20-9-4-2-3-5-9/h6,9H,2-5,7H2,1H3,(H,15,19). The van der Waals surface area contributed by atoms with Crippen LogP contribution < -0.4 is 11.2 Å². The van der Waals surface area contributed by atoms with Gasteiger partial charge in [-0.15, -0.1) is 11.3 Å². The molecule has 6 nitrogen and oxygen atoms in total. The molecule has 0 unspecified atom stereocenters. The Morgan fingerprint density at radius 3 is 2.86 bits per heavy atom. The van der Waals surface area contributed by atoms with Gasteiger partial charge in [0.15, 0.2) is 0 Å². The van der Waals surface area contributed by atoms with E-state index in [-0.39, 0.29) is 12.6 Å². The van der Waals surface area contributed by atoms with E-state index in [1.54, 1.807) is 6.07 Å². The van der Waals surface area contributed by atoms with Crippen molar-refractivity contribution in [2.24, 2.45) is 0 Å². The Labute approximate surface area is 124 Å². The summed E-state index contributed by atoms with van der Waals surface area (Å²) >= 11 is 1.35. The van der Waals surface area contributed by atoms with Crippen molar-refractivity contribution in [3.05, 3.63) is 31.8 Å². The van der Waals surface area contributed by atoms with Gasteiger partial charge in [0, 0.05) is 4.88 Å². The lowest BCUT2D eigenvalue weighted by atomic mass is 10.3. The lowest BCUT2D eigenvalue weighted by Gasteiger charge is -2.11. The van der Waals surface area contributed by atoms with E-state index in [2.05, 4.69) is 4.98 Å². The van der Waals surface area contributed by atoms with Gasteiger partial charge in [0.25, 0.3) is 5.56 Å². The van der Waals surface area contributed by atoms with Crippen molar-refractivity contribution < 1.29 is 9.53 Å². The number of thiophene rings is 1. The predicted octanol–water partition coefficient (Wildman–Crippen LogP) is 1.55. The Morgan fingerprint density at radius 2 is 2.14 bits per heavy atom. The predicted molar refractivity (Wildman–Crippen MR) is 79.8 cm³/mol. The first-order valence-corrected chi connectivity index (χ1v) is 7.79. The first-order valence-electron chi connectivity index (χ1n) is 6.97. The molecule has 0 amide bonds. The highest BCUT2D eigenvalue weighted by molar-refractivity contribution is 7.18. The number of fused-ring (bicyclic) bond motifs is 1.